The Morgan fingerprint density at radius 3 is 3.28 bits per heavy atom. The Kier molecular flexibility index (Phi) is 3.58. The number of nitrogens with one attached hydrogen (secondary N) is 2. The van der Waals surface area contributed by atoms with Gasteiger partial charge in [0, 0.05) is 19.2 Å². The van der Waals surface area contributed by atoms with Gasteiger partial charge in [0.05, 0.1) is 12.6 Å². The number of hydrogen-bond donors (Lipinski definition) is 3. The molecule has 98 valence electrons. The van der Waals surface area contributed by atoms with Crippen molar-refractivity contribution in [2.75, 3.05) is 13.1 Å². The molecule has 0 aliphatic carbocycles. The number of hydrogen-bond acceptors (Lipinski definition) is 6. The summed E-state index contributed by atoms with van der Waals surface area (Å²) in [4.78, 5) is 24.6. The van der Waals surface area contributed by atoms with E-state index in [9.17, 15) is 9.59 Å². The second-order valence-electron chi connectivity index (χ2n) is 4.09. The average Bonchev–Trinajstić information content (AvgIpc) is 2.82. The van der Waals surface area contributed by atoms with E-state index in [1.54, 1.807) is 0 Å². The Labute approximate surface area is 103 Å². The van der Waals surface area contributed by atoms with Crippen molar-refractivity contribution >= 4 is 11.8 Å². The van der Waals surface area contributed by atoms with Crippen molar-refractivity contribution in [2.45, 2.75) is 19.5 Å². The fraction of sp³-hybridized carbons (Fsp3) is 0.500. The highest BCUT2D eigenvalue weighted by Crippen LogP contribution is 2.11. The number of nitrogens with two attached hydrogens (primary N) is 1. The van der Waals surface area contributed by atoms with Crippen LogP contribution in [-0.4, -0.2) is 41.0 Å². The van der Waals surface area contributed by atoms with Gasteiger partial charge in [-0.05, 0) is 6.92 Å². The zero-order valence-electron chi connectivity index (χ0n) is 9.97. The molecule has 2 rings (SSSR count). The van der Waals surface area contributed by atoms with Crippen molar-refractivity contribution in [1.82, 2.24) is 20.8 Å². The summed E-state index contributed by atoms with van der Waals surface area (Å²) in [7, 11) is 0. The Bertz CT molecular complexity index is 458. The van der Waals surface area contributed by atoms with Gasteiger partial charge in [-0.3, -0.25) is 19.9 Å². The molecular weight excluding hydrogens is 238 g/mol. The van der Waals surface area contributed by atoms with Crippen molar-refractivity contribution in [1.29, 1.82) is 0 Å². The first-order valence-electron chi connectivity index (χ1n) is 5.60. The van der Waals surface area contributed by atoms with Crippen LogP contribution in [0.2, 0.25) is 0 Å². The summed E-state index contributed by atoms with van der Waals surface area (Å²) in [6.45, 7) is 3.58. The second kappa shape index (κ2) is 5.15. The predicted octanol–water partition coefficient (Wildman–Crippen LogP) is -1.40. The molecule has 0 bridgehead atoms. The van der Waals surface area contributed by atoms with Crippen LogP contribution in [0.1, 0.15) is 23.2 Å². The van der Waals surface area contributed by atoms with Crippen LogP contribution in [-0.2, 0) is 11.3 Å². The third kappa shape index (κ3) is 2.49. The predicted molar refractivity (Wildman–Crippen MR) is 61.0 cm³/mol. The number of amides is 2. The van der Waals surface area contributed by atoms with E-state index >= 15 is 0 Å². The minimum Gasteiger partial charge on any atom is -0.359 e. The van der Waals surface area contributed by atoms with Crippen LogP contribution in [0.25, 0.3) is 0 Å². The van der Waals surface area contributed by atoms with Crippen molar-refractivity contribution in [2.24, 2.45) is 5.84 Å². The molecule has 18 heavy (non-hydrogen) atoms. The molecule has 1 saturated heterocycles. The smallest absolute Gasteiger partial charge is 0.287 e. The zero-order chi connectivity index (χ0) is 13.1. The number of rotatable bonds is 3. The minimum absolute atomic E-state index is 0.0132. The minimum atomic E-state index is -0.505. The first-order valence-corrected chi connectivity index (χ1v) is 5.60. The van der Waals surface area contributed by atoms with Gasteiger partial charge in [-0.2, -0.15) is 0 Å². The van der Waals surface area contributed by atoms with Gasteiger partial charge in [0.15, 0.2) is 11.5 Å². The van der Waals surface area contributed by atoms with Crippen LogP contribution in [0, 0.1) is 0 Å². The highest BCUT2D eigenvalue weighted by Gasteiger charge is 2.26. The molecule has 8 heteroatoms. The number of nitrogens with zero attached hydrogens (tertiary/aromatic N) is 2. The molecule has 2 heterocycles. The number of hydrazine groups is 1. The number of nitrogen functional groups attached to an aromatic ring is 1. The van der Waals surface area contributed by atoms with E-state index in [0.717, 1.165) is 6.54 Å². The van der Waals surface area contributed by atoms with Crippen molar-refractivity contribution in [3.63, 3.8) is 0 Å². The average molecular weight is 253 g/mol. The molecule has 0 radical (unpaired) electrons. The molecule has 0 saturated carbocycles. The monoisotopic (exact) mass is 253 g/mol. The molecule has 1 atom stereocenters. The maximum atomic E-state index is 11.5. The normalized spacial score (nSPS) is 20.6. The number of piperazine rings is 1. The lowest BCUT2D eigenvalue weighted by atomic mass is 10.2. The largest absolute Gasteiger partial charge is 0.359 e. The van der Waals surface area contributed by atoms with Crippen molar-refractivity contribution < 1.29 is 14.1 Å². The topological polar surface area (TPSA) is 113 Å². The lowest BCUT2D eigenvalue weighted by Gasteiger charge is -2.31. The molecule has 2 amide bonds. The van der Waals surface area contributed by atoms with E-state index in [4.69, 9.17) is 10.4 Å². The van der Waals surface area contributed by atoms with Gasteiger partial charge >= 0.3 is 0 Å². The van der Waals surface area contributed by atoms with Crippen LogP contribution in [0.5, 0.6) is 0 Å². The van der Waals surface area contributed by atoms with Crippen LogP contribution in [0.4, 0.5) is 0 Å². The fourth-order valence-corrected chi connectivity index (χ4v) is 1.81. The Morgan fingerprint density at radius 1 is 1.78 bits per heavy atom. The molecule has 1 aromatic rings. The SMILES string of the molecule is CC1C(=O)NCCN1Cc1cc(C(=O)NN)no1. The van der Waals surface area contributed by atoms with E-state index in [1.807, 2.05) is 17.2 Å². The molecule has 1 aromatic heterocycles. The quantitative estimate of drug-likeness (QED) is 0.347. The first-order chi connectivity index (χ1) is 8.61. The number of carbonyl (C=O) groups excluding carboxylic acids is 2. The summed E-state index contributed by atoms with van der Waals surface area (Å²) in [5.41, 5.74) is 2.10. The summed E-state index contributed by atoms with van der Waals surface area (Å²) in [6.07, 6.45) is 0. The first kappa shape index (κ1) is 12.5. The zero-order valence-corrected chi connectivity index (χ0v) is 9.97. The number of carbonyl (C=O) groups is 2. The molecule has 0 aromatic carbocycles. The maximum Gasteiger partial charge on any atom is 0.287 e. The molecular formula is C10H15N5O3. The Morgan fingerprint density at radius 2 is 2.56 bits per heavy atom. The Balaban J connectivity index is 2.03. The summed E-state index contributed by atoms with van der Waals surface area (Å²) >= 11 is 0. The molecule has 8 nitrogen and oxygen atoms in total. The summed E-state index contributed by atoms with van der Waals surface area (Å²) in [5, 5.41) is 6.37. The standard InChI is InChI=1S/C10H15N5O3/c1-6-9(16)12-2-3-15(6)5-7-4-8(14-18-7)10(17)13-11/h4,6H,2-3,5,11H2,1H3,(H,12,16)(H,13,17). The van der Waals surface area contributed by atoms with Crippen LogP contribution < -0.4 is 16.6 Å². The van der Waals surface area contributed by atoms with Gasteiger partial charge in [-0.1, -0.05) is 5.16 Å². The van der Waals surface area contributed by atoms with Gasteiger partial charge in [0.1, 0.15) is 0 Å². The third-order valence-electron chi connectivity index (χ3n) is 2.91. The van der Waals surface area contributed by atoms with Gasteiger partial charge in [-0.15, -0.1) is 0 Å². The van der Waals surface area contributed by atoms with E-state index in [1.165, 1.54) is 6.07 Å². The summed E-state index contributed by atoms with van der Waals surface area (Å²) < 4.78 is 5.03. The fourth-order valence-electron chi connectivity index (χ4n) is 1.81. The molecule has 0 spiro atoms. The van der Waals surface area contributed by atoms with Crippen LogP contribution in [0.15, 0.2) is 10.6 Å². The molecule has 4 N–H and O–H groups in total. The van der Waals surface area contributed by atoms with E-state index < -0.39 is 5.91 Å². The molecule has 1 aliphatic heterocycles. The van der Waals surface area contributed by atoms with Crippen molar-refractivity contribution in [3.8, 4) is 0 Å². The van der Waals surface area contributed by atoms with Gasteiger partial charge in [-0.25, -0.2) is 5.84 Å². The molecule has 1 aliphatic rings. The van der Waals surface area contributed by atoms with Crippen LogP contribution >= 0.6 is 0 Å². The summed E-state index contributed by atoms with van der Waals surface area (Å²) in [6, 6.07) is 1.29. The third-order valence-corrected chi connectivity index (χ3v) is 2.91. The van der Waals surface area contributed by atoms with E-state index in [-0.39, 0.29) is 17.6 Å². The van der Waals surface area contributed by atoms with Gasteiger partial charge < -0.3 is 9.84 Å². The van der Waals surface area contributed by atoms with Gasteiger partial charge in [0.25, 0.3) is 5.91 Å². The molecule has 1 unspecified atom stereocenters. The van der Waals surface area contributed by atoms with E-state index in [2.05, 4.69) is 10.5 Å². The lowest BCUT2D eigenvalue weighted by molar-refractivity contribution is -0.128. The second-order valence-corrected chi connectivity index (χ2v) is 4.09. The highest BCUT2D eigenvalue weighted by atomic mass is 16.5. The summed E-state index contributed by atoms with van der Waals surface area (Å²) in [5.74, 6) is 5.00. The van der Waals surface area contributed by atoms with E-state index in [0.29, 0.717) is 18.8 Å². The number of aromatic nitrogens is 1. The lowest BCUT2D eigenvalue weighted by Crippen LogP contribution is -2.53. The molecule has 1 fully saturated rings. The maximum absolute atomic E-state index is 11.5. The van der Waals surface area contributed by atoms with Crippen LogP contribution in [0.3, 0.4) is 0 Å². The highest BCUT2D eigenvalue weighted by molar-refractivity contribution is 5.91. The van der Waals surface area contributed by atoms with Crippen molar-refractivity contribution in [3.05, 3.63) is 17.5 Å². The Hall–Kier alpha value is -1.93. The van der Waals surface area contributed by atoms with Gasteiger partial charge in [0.2, 0.25) is 5.91 Å².